The second-order valence-electron chi connectivity index (χ2n) is 8.81. The summed E-state index contributed by atoms with van der Waals surface area (Å²) in [4.78, 5) is 37.8. The minimum Gasteiger partial charge on any atom is -0.486 e. The number of nitrogens with zero attached hydrogens (tertiary/aromatic N) is 1. The number of alkyl halides is 8. The summed E-state index contributed by atoms with van der Waals surface area (Å²) in [6, 6.07) is -0.922. The van der Waals surface area contributed by atoms with Gasteiger partial charge in [0.05, 0.1) is 18.7 Å². The topological polar surface area (TPSA) is 102 Å². The first-order valence-electron chi connectivity index (χ1n) is 10.5. The molecule has 2 atom stereocenters. The van der Waals surface area contributed by atoms with Gasteiger partial charge in [-0.2, -0.15) is 35.1 Å². The van der Waals surface area contributed by atoms with Crippen LogP contribution in [0.2, 0.25) is 0 Å². The molecule has 37 heavy (non-hydrogen) atoms. The number of rotatable bonds is 7. The van der Waals surface area contributed by atoms with Crippen molar-refractivity contribution in [3.63, 3.8) is 0 Å². The molecule has 1 aliphatic heterocycles. The van der Waals surface area contributed by atoms with Crippen molar-refractivity contribution in [2.45, 2.75) is 64.0 Å². The zero-order chi connectivity index (χ0) is 28.7. The standard InChI is InChI=1S/C21H22F9N3O4/c1-4-11-14(33(8-19(23,24)21(28,29)30)17(36)18(2,3)16(31)35)15(34)32-13-9(7-20(25,26)27)10(22)5-6-12(13)37-11/h5-6,11,14H,4,7-8H2,1-3H3,(H2,31,35)(H,32,34)/t11-,14+/m1/s1. The molecule has 1 aromatic carbocycles. The van der Waals surface area contributed by atoms with Crippen LogP contribution >= 0.6 is 0 Å². The van der Waals surface area contributed by atoms with Crippen molar-refractivity contribution in [2.24, 2.45) is 11.1 Å². The highest BCUT2D eigenvalue weighted by Crippen LogP contribution is 2.41. The number of hydrogen-bond acceptors (Lipinski definition) is 4. The van der Waals surface area contributed by atoms with E-state index >= 15 is 0 Å². The van der Waals surface area contributed by atoms with E-state index < -0.39 is 89.3 Å². The third-order valence-electron chi connectivity index (χ3n) is 5.68. The Balaban J connectivity index is 2.70. The van der Waals surface area contributed by atoms with Gasteiger partial charge >= 0.3 is 18.3 Å². The van der Waals surface area contributed by atoms with Gasteiger partial charge in [0.1, 0.15) is 29.1 Å². The smallest absolute Gasteiger partial charge is 0.455 e. The first-order chi connectivity index (χ1) is 16.6. The Labute approximate surface area is 204 Å². The van der Waals surface area contributed by atoms with Crippen LogP contribution in [0.4, 0.5) is 45.2 Å². The number of nitrogens with one attached hydrogen (secondary N) is 1. The Morgan fingerprint density at radius 2 is 1.65 bits per heavy atom. The van der Waals surface area contributed by atoms with E-state index in [1.165, 1.54) is 6.92 Å². The van der Waals surface area contributed by atoms with Crippen LogP contribution in [0.25, 0.3) is 0 Å². The zero-order valence-electron chi connectivity index (χ0n) is 19.5. The van der Waals surface area contributed by atoms with Crippen molar-refractivity contribution < 1.29 is 58.6 Å². The average Bonchev–Trinajstić information content (AvgIpc) is 2.87. The maximum atomic E-state index is 14.3. The number of primary amides is 1. The molecule has 0 radical (unpaired) electrons. The van der Waals surface area contributed by atoms with Crippen LogP contribution in [-0.4, -0.2) is 59.6 Å². The maximum Gasteiger partial charge on any atom is 0.455 e. The number of anilines is 1. The fourth-order valence-corrected chi connectivity index (χ4v) is 3.52. The lowest BCUT2D eigenvalue weighted by Gasteiger charge is -2.39. The Bertz CT molecular complexity index is 1070. The molecule has 1 aliphatic rings. The second-order valence-corrected chi connectivity index (χ2v) is 8.81. The first-order valence-corrected chi connectivity index (χ1v) is 10.5. The lowest BCUT2D eigenvalue weighted by atomic mass is 9.89. The Morgan fingerprint density at radius 3 is 2.11 bits per heavy atom. The normalized spacial score (nSPS) is 18.9. The van der Waals surface area contributed by atoms with Gasteiger partial charge in [0.15, 0.2) is 0 Å². The van der Waals surface area contributed by atoms with Gasteiger partial charge in [-0.05, 0) is 32.4 Å². The highest BCUT2D eigenvalue weighted by Gasteiger charge is 2.61. The van der Waals surface area contributed by atoms with Crippen molar-refractivity contribution in [1.29, 1.82) is 0 Å². The maximum absolute atomic E-state index is 14.3. The predicted molar refractivity (Wildman–Crippen MR) is 109 cm³/mol. The number of halogens is 9. The molecule has 7 nitrogen and oxygen atoms in total. The Kier molecular flexibility index (Phi) is 8.06. The third kappa shape index (κ3) is 6.21. The average molecular weight is 551 g/mol. The van der Waals surface area contributed by atoms with E-state index in [1.807, 2.05) is 5.32 Å². The Morgan fingerprint density at radius 1 is 1.08 bits per heavy atom. The van der Waals surface area contributed by atoms with Crippen LogP contribution in [0.3, 0.4) is 0 Å². The third-order valence-corrected chi connectivity index (χ3v) is 5.68. The number of amides is 3. The number of nitrogens with two attached hydrogens (primary N) is 1. The highest BCUT2D eigenvalue weighted by molar-refractivity contribution is 6.06. The summed E-state index contributed by atoms with van der Waals surface area (Å²) in [7, 11) is 0. The second kappa shape index (κ2) is 9.93. The van der Waals surface area contributed by atoms with Crippen LogP contribution in [0, 0.1) is 11.2 Å². The molecule has 0 fully saturated rings. The predicted octanol–water partition coefficient (Wildman–Crippen LogP) is 3.95. The number of carbonyl (C=O) groups excluding carboxylic acids is 3. The number of benzene rings is 1. The van der Waals surface area contributed by atoms with Gasteiger partial charge in [0, 0.05) is 5.56 Å². The van der Waals surface area contributed by atoms with Gasteiger partial charge in [-0.1, -0.05) is 6.92 Å². The molecular weight excluding hydrogens is 529 g/mol. The number of hydrogen-bond donors (Lipinski definition) is 2. The number of ether oxygens (including phenoxy) is 1. The Hall–Kier alpha value is -3.20. The molecule has 16 heteroatoms. The van der Waals surface area contributed by atoms with Crippen molar-refractivity contribution in [1.82, 2.24) is 4.90 Å². The van der Waals surface area contributed by atoms with Gasteiger partial charge in [-0.15, -0.1) is 0 Å². The molecule has 3 N–H and O–H groups in total. The van der Waals surface area contributed by atoms with Gasteiger partial charge in [-0.3, -0.25) is 14.4 Å². The van der Waals surface area contributed by atoms with E-state index in [0.29, 0.717) is 6.07 Å². The highest BCUT2D eigenvalue weighted by atomic mass is 19.4. The molecule has 3 amide bonds. The van der Waals surface area contributed by atoms with Crippen molar-refractivity contribution >= 4 is 23.4 Å². The number of fused-ring (bicyclic) bond motifs is 1. The minimum atomic E-state index is -6.20. The van der Waals surface area contributed by atoms with E-state index in [4.69, 9.17) is 10.5 Å². The SMILES string of the molecule is CC[C@H]1Oc2ccc(F)c(CC(F)(F)F)c2NC(=O)[C@H]1N(CC(F)(F)C(F)(F)F)C(=O)C(C)(C)C(N)=O. The summed E-state index contributed by atoms with van der Waals surface area (Å²) in [5.41, 5.74) is 0.780. The quantitative estimate of drug-likeness (QED) is 0.396. The lowest BCUT2D eigenvalue weighted by Crippen LogP contribution is -2.62. The summed E-state index contributed by atoms with van der Waals surface area (Å²) in [5, 5.41) is 1.87. The molecule has 2 rings (SSSR count). The van der Waals surface area contributed by atoms with Crippen LogP contribution in [0.1, 0.15) is 32.8 Å². The van der Waals surface area contributed by atoms with E-state index in [9.17, 15) is 53.9 Å². The van der Waals surface area contributed by atoms with Gasteiger partial charge in [-0.25, -0.2) is 4.39 Å². The van der Waals surface area contributed by atoms with Crippen molar-refractivity contribution in [3.8, 4) is 5.75 Å². The van der Waals surface area contributed by atoms with Crippen molar-refractivity contribution in [3.05, 3.63) is 23.5 Å². The molecule has 1 heterocycles. The lowest BCUT2D eigenvalue weighted by molar-refractivity contribution is -0.287. The van der Waals surface area contributed by atoms with Crippen molar-refractivity contribution in [2.75, 3.05) is 11.9 Å². The van der Waals surface area contributed by atoms with Crippen LogP contribution in [-0.2, 0) is 20.8 Å². The first kappa shape index (κ1) is 30.0. The molecule has 1 aromatic rings. The fourth-order valence-electron chi connectivity index (χ4n) is 3.52. The molecule has 0 aromatic heterocycles. The number of carbonyl (C=O) groups is 3. The van der Waals surface area contributed by atoms with E-state index in [2.05, 4.69) is 0 Å². The summed E-state index contributed by atoms with van der Waals surface area (Å²) < 4.78 is 126. The molecule has 0 bridgehead atoms. The van der Waals surface area contributed by atoms with E-state index in [0.717, 1.165) is 19.9 Å². The zero-order valence-corrected chi connectivity index (χ0v) is 19.5. The van der Waals surface area contributed by atoms with Gasteiger partial charge in [0.25, 0.3) is 5.91 Å². The van der Waals surface area contributed by atoms with Crippen LogP contribution in [0.15, 0.2) is 12.1 Å². The molecule has 0 unspecified atom stereocenters. The summed E-state index contributed by atoms with van der Waals surface area (Å²) in [6.07, 6.45) is -15.1. The minimum absolute atomic E-state index is 0.243. The molecule has 0 spiro atoms. The summed E-state index contributed by atoms with van der Waals surface area (Å²) in [5.74, 6) is -12.3. The van der Waals surface area contributed by atoms with E-state index in [1.54, 1.807) is 0 Å². The van der Waals surface area contributed by atoms with E-state index in [-0.39, 0.29) is 11.3 Å². The fraction of sp³-hybridized carbons (Fsp3) is 0.571. The molecule has 0 saturated heterocycles. The molecule has 0 aliphatic carbocycles. The van der Waals surface area contributed by atoms with Crippen LogP contribution < -0.4 is 15.8 Å². The summed E-state index contributed by atoms with van der Waals surface area (Å²) in [6.45, 7) is 0.459. The molecular formula is C21H22F9N3O4. The molecule has 208 valence electrons. The van der Waals surface area contributed by atoms with Crippen LogP contribution in [0.5, 0.6) is 5.75 Å². The molecule has 0 saturated carbocycles. The monoisotopic (exact) mass is 551 g/mol. The van der Waals surface area contributed by atoms with Gasteiger partial charge in [0.2, 0.25) is 11.8 Å². The summed E-state index contributed by atoms with van der Waals surface area (Å²) >= 11 is 0. The van der Waals surface area contributed by atoms with Gasteiger partial charge < -0.3 is 20.7 Å². The largest absolute Gasteiger partial charge is 0.486 e.